The molecule has 36 atom stereocenters. The van der Waals surface area contributed by atoms with Crippen molar-refractivity contribution in [2.24, 2.45) is 28.6 Å². The zero-order valence-corrected chi connectivity index (χ0v) is 49.4. The largest absolute Gasteiger partial charge is 0.432 e. The van der Waals surface area contributed by atoms with Gasteiger partial charge in [0.2, 0.25) is 6.29 Å². The van der Waals surface area contributed by atoms with Crippen LogP contribution in [-0.2, 0) is 61.6 Å². The van der Waals surface area contributed by atoms with Crippen LogP contribution in [0.5, 0.6) is 0 Å². The van der Waals surface area contributed by atoms with Crippen LogP contribution in [0.15, 0.2) is 12.2 Å². The minimum Gasteiger partial charge on any atom is -0.432 e. The molecule has 33 nitrogen and oxygen atoms in total. The molecule has 3 saturated carbocycles. The first-order valence-electron chi connectivity index (χ1n) is 30.4. The molecule has 32 unspecified atom stereocenters. The van der Waals surface area contributed by atoms with Gasteiger partial charge in [-0.3, -0.25) is 4.79 Å². The molecule has 514 valence electrons. The summed E-state index contributed by atoms with van der Waals surface area (Å²) in [7, 11) is 0. The van der Waals surface area contributed by atoms with E-state index in [1.807, 2.05) is 0 Å². The van der Waals surface area contributed by atoms with Gasteiger partial charge in [-0.1, -0.05) is 19.9 Å². The second-order valence-corrected chi connectivity index (χ2v) is 26.0. The molecule has 20 N–H and O–H groups in total. The third-order valence-corrected chi connectivity index (χ3v) is 20.6. The van der Waals surface area contributed by atoms with Crippen molar-refractivity contribution in [3.05, 3.63) is 12.2 Å². The number of fused-ring (bicyclic) bond motifs is 3. The molecule has 0 amide bonds. The fourth-order valence-electron chi connectivity index (χ4n) is 15.1. The lowest BCUT2D eigenvalue weighted by Gasteiger charge is -2.59. The Morgan fingerprint density at radius 1 is 0.449 bits per heavy atom. The highest BCUT2D eigenvalue weighted by Gasteiger charge is 2.63. The molecule has 0 aromatic carbocycles. The molecule has 6 heterocycles. The fourth-order valence-corrected chi connectivity index (χ4v) is 15.1. The van der Waals surface area contributed by atoms with Gasteiger partial charge >= 0.3 is 5.97 Å². The number of carbonyl (C=O) groups excluding carboxylic acids is 1. The number of aliphatic hydroxyl groups excluding tert-OH is 20. The summed E-state index contributed by atoms with van der Waals surface area (Å²) in [5.41, 5.74) is -2.88. The van der Waals surface area contributed by atoms with Crippen molar-refractivity contribution < 1.29 is 164 Å². The first kappa shape index (κ1) is 71.3. The van der Waals surface area contributed by atoms with E-state index in [-0.39, 0.29) is 18.3 Å². The standard InChI is InChI=1S/C56H92O33/c1-19-12-20-6-7-28-54(2,9-5-10-55(28,3)53(77)88-51-45(39(72)33(66)26(17-61)83-51)86-49-42(75)37(70)31(64)24(15-59)81-49)21(20)8-11-56(19,4)89-52-46(87-50-43(76)38(71)32(65)25(16-60)82-50)44(85-48-41(74)36(69)30(63)23(14-58)80-48)34(67)27(84-52)18-78-47-40(73)35(68)29(62)22(13-57)79-47/h20-52,57-76H,1,5-18H2,2-4H3/t20?,21-,22?,23?,24?,25?,26?,27?,28?,29?,30?,31?,32?,33?,34?,35?,36?,37?,38?,39?,40?,41?,42?,43?,44?,45?,46?,47?,48?,49?,50?,51?,52?,54+,55-,56-/m1/s1. The summed E-state index contributed by atoms with van der Waals surface area (Å²) in [6.45, 7) is 4.91. The lowest BCUT2D eigenvalue weighted by molar-refractivity contribution is -0.401. The van der Waals surface area contributed by atoms with Gasteiger partial charge in [0.1, 0.15) is 140 Å². The number of esters is 1. The first-order valence-corrected chi connectivity index (χ1v) is 30.4. The lowest BCUT2D eigenvalue weighted by atomic mass is 9.45. The van der Waals surface area contributed by atoms with Gasteiger partial charge < -0.3 is 159 Å². The van der Waals surface area contributed by atoms with E-state index in [0.717, 1.165) is 0 Å². The van der Waals surface area contributed by atoms with Gasteiger partial charge in [-0.2, -0.15) is 0 Å². The van der Waals surface area contributed by atoms with E-state index in [0.29, 0.717) is 50.5 Å². The zero-order valence-electron chi connectivity index (χ0n) is 49.4. The van der Waals surface area contributed by atoms with E-state index in [9.17, 15) is 102 Å². The van der Waals surface area contributed by atoms with E-state index >= 15 is 4.79 Å². The molecule has 0 bridgehead atoms. The quantitative estimate of drug-likeness (QED) is 0.0448. The number of carbonyl (C=O) groups is 1. The van der Waals surface area contributed by atoms with Gasteiger partial charge in [0.05, 0.1) is 50.7 Å². The van der Waals surface area contributed by atoms with Crippen molar-refractivity contribution in [3.63, 3.8) is 0 Å². The Kier molecular flexibility index (Phi) is 23.0. The van der Waals surface area contributed by atoms with Gasteiger partial charge in [-0.15, -0.1) is 0 Å². The average molecular weight is 1290 g/mol. The van der Waals surface area contributed by atoms with E-state index < -0.39 is 252 Å². The average Bonchev–Trinajstić information content (AvgIpc) is 1.71. The van der Waals surface area contributed by atoms with Crippen LogP contribution in [0.2, 0.25) is 0 Å². The second-order valence-electron chi connectivity index (χ2n) is 26.0. The molecule has 0 radical (unpaired) electrons. The van der Waals surface area contributed by atoms with Crippen LogP contribution < -0.4 is 0 Å². The van der Waals surface area contributed by atoms with Gasteiger partial charge in [-0.25, -0.2) is 0 Å². The summed E-state index contributed by atoms with van der Waals surface area (Å²) in [6.07, 6.45) is -52.1. The Morgan fingerprint density at radius 2 is 0.865 bits per heavy atom. The van der Waals surface area contributed by atoms with Crippen LogP contribution in [0.3, 0.4) is 0 Å². The summed E-state index contributed by atoms with van der Waals surface area (Å²) >= 11 is 0. The molecule has 6 aliphatic heterocycles. The predicted octanol–water partition coefficient (Wildman–Crippen LogP) is -9.22. The van der Waals surface area contributed by atoms with Crippen molar-refractivity contribution in [2.75, 3.05) is 39.6 Å². The van der Waals surface area contributed by atoms with Crippen molar-refractivity contribution in [1.29, 1.82) is 0 Å². The Balaban J connectivity index is 1.00. The van der Waals surface area contributed by atoms with Gasteiger partial charge in [0.15, 0.2) is 37.6 Å². The van der Waals surface area contributed by atoms with Crippen molar-refractivity contribution in [3.8, 4) is 0 Å². The van der Waals surface area contributed by atoms with Crippen LogP contribution in [0, 0.1) is 28.6 Å². The molecule has 9 rings (SSSR count). The third-order valence-electron chi connectivity index (χ3n) is 20.6. The molecular formula is C56H92O33. The van der Waals surface area contributed by atoms with E-state index in [2.05, 4.69) is 13.5 Å². The fraction of sp³-hybridized carbons (Fsp3) is 0.946. The predicted molar refractivity (Wildman–Crippen MR) is 286 cm³/mol. The van der Waals surface area contributed by atoms with E-state index in [1.165, 1.54) is 0 Å². The maximum Gasteiger partial charge on any atom is 0.314 e. The van der Waals surface area contributed by atoms with Gasteiger partial charge in [0, 0.05) is 0 Å². The summed E-state index contributed by atoms with van der Waals surface area (Å²) in [5, 5.41) is 214. The molecule has 89 heavy (non-hydrogen) atoms. The van der Waals surface area contributed by atoms with Crippen LogP contribution in [0.25, 0.3) is 0 Å². The molecule has 0 spiro atoms. The Bertz CT molecular complexity index is 2320. The van der Waals surface area contributed by atoms with Crippen molar-refractivity contribution in [2.45, 2.75) is 262 Å². The van der Waals surface area contributed by atoms with E-state index in [4.69, 9.17) is 56.8 Å². The smallest absolute Gasteiger partial charge is 0.314 e. The monoisotopic (exact) mass is 1290 g/mol. The summed E-state index contributed by atoms with van der Waals surface area (Å²) in [6, 6.07) is 0. The summed E-state index contributed by atoms with van der Waals surface area (Å²) in [4.78, 5) is 15.0. The first-order chi connectivity index (χ1) is 42.0. The highest BCUT2D eigenvalue weighted by molar-refractivity contribution is 5.77. The van der Waals surface area contributed by atoms with Gasteiger partial charge in [0.25, 0.3) is 0 Å². The lowest BCUT2D eigenvalue weighted by Crippen LogP contribution is -2.68. The third kappa shape index (κ3) is 13.6. The van der Waals surface area contributed by atoms with Crippen LogP contribution in [0.4, 0.5) is 0 Å². The normalized spacial score (nSPS) is 53.3. The van der Waals surface area contributed by atoms with Crippen LogP contribution in [0.1, 0.15) is 72.1 Å². The highest BCUT2D eigenvalue weighted by Crippen LogP contribution is 2.65. The minimum absolute atomic E-state index is 0.107. The molecule has 3 aliphatic carbocycles. The molecule has 0 aromatic heterocycles. The number of ether oxygens (including phenoxy) is 12. The highest BCUT2D eigenvalue weighted by atomic mass is 16.8. The Morgan fingerprint density at radius 3 is 1.35 bits per heavy atom. The van der Waals surface area contributed by atoms with E-state index in [1.54, 1.807) is 13.8 Å². The van der Waals surface area contributed by atoms with Crippen LogP contribution in [-0.4, -0.2) is 338 Å². The number of hydrogen-bond donors (Lipinski definition) is 20. The molecule has 6 saturated heterocycles. The number of aliphatic hydroxyl groups is 20. The van der Waals surface area contributed by atoms with Crippen molar-refractivity contribution in [1.82, 2.24) is 0 Å². The van der Waals surface area contributed by atoms with Crippen LogP contribution >= 0.6 is 0 Å². The minimum atomic E-state index is -2.10. The number of hydrogen-bond acceptors (Lipinski definition) is 33. The summed E-state index contributed by atoms with van der Waals surface area (Å²) < 4.78 is 72.3. The SMILES string of the molecule is C=C1CC2CCC3[C@](C)(C(=O)OC4OC(CO)C(O)C(O)C4OC4OC(CO)C(O)C(O)C4O)CCC[C@@]3(C)[C@@H]2CC[C@@]1(C)OC1OC(COC2OC(CO)C(O)C(O)C2O)C(O)C(OC2OC(CO)C(O)C(O)C2O)C1OC1OC(CO)C(O)C(O)C1O. The number of rotatable bonds is 18. The maximum atomic E-state index is 15.0. The van der Waals surface area contributed by atoms with Crippen molar-refractivity contribution >= 4 is 5.97 Å². The Hall–Kier alpha value is -2.03. The molecule has 9 aliphatic rings. The summed E-state index contributed by atoms with van der Waals surface area (Å²) in [5.74, 6) is -1.49. The maximum absolute atomic E-state index is 15.0. The Labute approximate surface area is 510 Å². The van der Waals surface area contributed by atoms with Gasteiger partial charge in [-0.05, 0) is 87.5 Å². The molecule has 9 fully saturated rings. The zero-order chi connectivity index (χ0) is 65.1. The topological polar surface area (TPSA) is 532 Å². The molecule has 33 heteroatoms. The second kappa shape index (κ2) is 28.7. The molecular weight excluding hydrogens is 1200 g/mol. The molecule has 0 aromatic rings.